The molecule has 25 heavy (non-hydrogen) atoms. The van der Waals surface area contributed by atoms with Gasteiger partial charge in [-0.15, -0.1) is 0 Å². The Balaban J connectivity index is 1.90. The summed E-state index contributed by atoms with van der Waals surface area (Å²) in [5.74, 6) is -1.12. The van der Waals surface area contributed by atoms with Crippen molar-refractivity contribution in [3.8, 4) is 5.75 Å². The number of carbonyl (C=O) groups is 3. The van der Waals surface area contributed by atoms with Crippen molar-refractivity contribution in [2.24, 2.45) is 5.10 Å². The molecule has 0 spiro atoms. The van der Waals surface area contributed by atoms with Crippen LogP contribution in [0.3, 0.4) is 0 Å². The number of hydrogen-bond donors (Lipinski definition) is 3. The lowest BCUT2D eigenvalue weighted by Crippen LogP contribution is -2.40. The minimum Gasteiger partial charge on any atom is -0.506 e. The SMILES string of the molecule is CC1(C)NC(=O)N(CCC(=O)N/N=C/c2cc(Cl)cc(Cl)c2O)C1=O. The summed E-state index contributed by atoms with van der Waals surface area (Å²) in [5.41, 5.74) is 1.49. The molecule has 1 aromatic rings. The molecule has 0 atom stereocenters. The van der Waals surface area contributed by atoms with E-state index >= 15 is 0 Å². The van der Waals surface area contributed by atoms with Crippen molar-refractivity contribution < 1.29 is 19.5 Å². The van der Waals surface area contributed by atoms with Gasteiger partial charge in [0.25, 0.3) is 5.91 Å². The zero-order valence-corrected chi connectivity index (χ0v) is 15.0. The molecule has 8 nitrogen and oxygen atoms in total. The number of nitrogens with one attached hydrogen (secondary N) is 2. The van der Waals surface area contributed by atoms with E-state index in [1.807, 2.05) is 0 Å². The number of benzene rings is 1. The molecule has 1 aromatic carbocycles. The van der Waals surface area contributed by atoms with Gasteiger partial charge in [-0.05, 0) is 26.0 Å². The molecule has 1 heterocycles. The zero-order chi connectivity index (χ0) is 18.8. The van der Waals surface area contributed by atoms with Crippen LogP contribution in [0.25, 0.3) is 0 Å². The number of rotatable bonds is 5. The number of aromatic hydroxyl groups is 1. The van der Waals surface area contributed by atoms with Crippen molar-refractivity contribution in [3.63, 3.8) is 0 Å². The summed E-state index contributed by atoms with van der Waals surface area (Å²) < 4.78 is 0. The minimum atomic E-state index is -0.977. The molecule has 0 aromatic heterocycles. The van der Waals surface area contributed by atoms with Gasteiger partial charge in [-0.3, -0.25) is 14.5 Å². The fraction of sp³-hybridized carbons (Fsp3) is 0.333. The number of hydrogen-bond acceptors (Lipinski definition) is 5. The fourth-order valence-electron chi connectivity index (χ4n) is 2.15. The number of halogens is 2. The highest BCUT2D eigenvalue weighted by molar-refractivity contribution is 6.36. The maximum atomic E-state index is 12.0. The smallest absolute Gasteiger partial charge is 0.325 e. The van der Waals surface area contributed by atoms with E-state index in [4.69, 9.17) is 23.2 Å². The highest BCUT2D eigenvalue weighted by Gasteiger charge is 2.43. The first-order valence-electron chi connectivity index (χ1n) is 7.26. The third kappa shape index (κ3) is 4.40. The molecular weight excluding hydrogens is 371 g/mol. The number of urea groups is 1. The van der Waals surface area contributed by atoms with Crippen LogP contribution in [0.4, 0.5) is 4.79 Å². The Kier molecular flexibility index (Phi) is 5.54. The molecule has 0 radical (unpaired) electrons. The third-order valence-electron chi connectivity index (χ3n) is 3.46. The van der Waals surface area contributed by atoms with E-state index in [-0.39, 0.29) is 29.3 Å². The normalized spacial score (nSPS) is 16.4. The van der Waals surface area contributed by atoms with Crippen LogP contribution in [-0.4, -0.2) is 46.2 Å². The van der Waals surface area contributed by atoms with Crippen molar-refractivity contribution >= 4 is 47.3 Å². The van der Waals surface area contributed by atoms with E-state index < -0.39 is 23.4 Å². The van der Waals surface area contributed by atoms with Crippen LogP contribution in [0.15, 0.2) is 17.2 Å². The predicted octanol–water partition coefficient (Wildman–Crippen LogP) is 1.87. The van der Waals surface area contributed by atoms with Gasteiger partial charge in [0.15, 0.2) is 0 Å². The molecule has 10 heteroatoms. The molecule has 1 fully saturated rings. The average molecular weight is 387 g/mol. The summed E-state index contributed by atoms with van der Waals surface area (Å²) in [5, 5.41) is 16.3. The van der Waals surface area contributed by atoms with Gasteiger partial charge in [-0.1, -0.05) is 23.2 Å². The summed E-state index contributed by atoms with van der Waals surface area (Å²) in [6, 6.07) is 2.26. The van der Waals surface area contributed by atoms with Gasteiger partial charge >= 0.3 is 6.03 Å². The van der Waals surface area contributed by atoms with Gasteiger partial charge in [0.05, 0.1) is 11.2 Å². The van der Waals surface area contributed by atoms with Crippen LogP contribution < -0.4 is 10.7 Å². The van der Waals surface area contributed by atoms with Crippen molar-refractivity contribution in [2.75, 3.05) is 6.54 Å². The molecule has 0 aliphatic carbocycles. The van der Waals surface area contributed by atoms with Crippen LogP contribution in [0, 0.1) is 0 Å². The molecule has 2 rings (SSSR count). The Labute approximate surface area is 153 Å². The number of amides is 4. The monoisotopic (exact) mass is 386 g/mol. The standard InChI is InChI=1S/C15H16Cl2N4O4/c1-15(2)13(24)21(14(25)19-15)4-3-11(22)20-18-7-8-5-9(16)6-10(17)12(8)23/h5-7,23H,3-4H2,1-2H3,(H,19,25)(H,20,22)/b18-7+. The Hall–Kier alpha value is -2.32. The molecule has 0 unspecified atom stereocenters. The molecule has 4 amide bonds. The number of carbonyl (C=O) groups excluding carboxylic acids is 3. The quantitative estimate of drug-likeness (QED) is 0.407. The Morgan fingerprint density at radius 2 is 2.08 bits per heavy atom. The second-order valence-corrected chi connectivity index (χ2v) is 6.72. The van der Waals surface area contributed by atoms with Crippen molar-refractivity contribution in [2.45, 2.75) is 25.8 Å². The molecule has 134 valence electrons. The molecule has 0 bridgehead atoms. The van der Waals surface area contributed by atoms with Gasteiger partial charge in [0.2, 0.25) is 5.91 Å². The predicted molar refractivity (Wildman–Crippen MR) is 92.8 cm³/mol. The van der Waals surface area contributed by atoms with E-state index in [9.17, 15) is 19.5 Å². The first kappa shape index (κ1) is 19.0. The third-order valence-corrected chi connectivity index (χ3v) is 3.96. The molecule has 1 saturated heterocycles. The highest BCUT2D eigenvalue weighted by atomic mass is 35.5. The number of imide groups is 1. The summed E-state index contributed by atoms with van der Waals surface area (Å²) in [6.45, 7) is 3.10. The Morgan fingerprint density at radius 1 is 1.40 bits per heavy atom. The Bertz CT molecular complexity index is 764. The van der Waals surface area contributed by atoms with Crippen LogP contribution in [-0.2, 0) is 9.59 Å². The van der Waals surface area contributed by atoms with Gasteiger partial charge in [0.1, 0.15) is 11.3 Å². The van der Waals surface area contributed by atoms with Crippen molar-refractivity contribution in [3.05, 3.63) is 27.7 Å². The summed E-state index contributed by atoms with van der Waals surface area (Å²) in [7, 11) is 0. The van der Waals surface area contributed by atoms with Crippen LogP contribution in [0.2, 0.25) is 10.0 Å². The first-order valence-corrected chi connectivity index (χ1v) is 8.01. The van der Waals surface area contributed by atoms with Gasteiger partial charge in [0, 0.05) is 23.6 Å². The van der Waals surface area contributed by atoms with E-state index in [2.05, 4.69) is 15.8 Å². The molecule has 1 aliphatic rings. The van der Waals surface area contributed by atoms with Gasteiger partial charge in [-0.25, -0.2) is 10.2 Å². The highest BCUT2D eigenvalue weighted by Crippen LogP contribution is 2.29. The lowest BCUT2D eigenvalue weighted by atomic mass is 10.1. The summed E-state index contributed by atoms with van der Waals surface area (Å²) in [4.78, 5) is 36.4. The molecule has 1 aliphatic heterocycles. The summed E-state index contributed by atoms with van der Waals surface area (Å²) in [6.07, 6.45) is 1.07. The van der Waals surface area contributed by atoms with Gasteiger partial charge in [-0.2, -0.15) is 5.10 Å². The maximum Gasteiger partial charge on any atom is 0.325 e. The van der Waals surface area contributed by atoms with E-state index in [0.29, 0.717) is 5.02 Å². The molecule has 0 saturated carbocycles. The van der Waals surface area contributed by atoms with Crippen LogP contribution in [0.5, 0.6) is 5.75 Å². The second-order valence-electron chi connectivity index (χ2n) is 5.88. The number of nitrogens with zero attached hydrogens (tertiary/aromatic N) is 2. The van der Waals surface area contributed by atoms with E-state index in [1.54, 1.807) is 13.8 Å². The van der Waals surface area contributed by atoms with Crippen LogP contribution >= 0.6 is 23.2 Å². The van der Waals surface area contributed by atoms with Crippen molar-refractivity contribution in [1.82, 2.24) is 15.6 Å². The fourth-order valence-corrected chi connectivity index (χ4v) is 2.66. The molecule has 3 N–H and O–H groups in total. The zero-order valence-electron chi connectivity index (χ0n) is 13.5. The number of hydrazone groups is 1. The number of phenols is 1. The minimum absolute atomic E-state index is 0.0569. The first-order chi connectivity index (χ1) is 11.6. The maximum absolute atomic E-state index is 12.0. The second kappa shape index (κ2) is 7.28. The summed E-state index contributed by atoms with van der Waals surface area (Å²) >= 11 is 11.6. The lowest BCUT2D eigenvalue weighted by molar-refractivity contribution is -0.130. The topological polar surface area (TPSA) is 111 Å². The lowest BCUT2D eigenvalue weighted by Gasteiger charge is -2.15. The van der Waals surface area contributed by atoms with E-state index in [0.717, 1.165) is 4.90 Å². The average Bonchev–Trinajstić information content (AvgIpc) is 2.70. The van der Waals surface area contributed by atoms with E-state index in [1.165, 1.54) is 18.3 Å². The number of phenolic OH excluding ortho intramolecular Hbond substituents is 1. The largest absolute Gasteiger partial charge is 0.506 e. The Morgan fingerprint density at radius 3 is 2.68 bits per heavy atom. The van der Waals surface area contributed by atoms with Gasteiger partial charge < -0.3 is 10.4 Å². The van der Waals surface area contributed by atoms with Crippen molar-refractivity contribution in [1.29, 1.82) is 0 Å². The molecular formula is C15H16Cl2N4O4. The van der Waals surface area contributed by atoms with Crippen LogP contribution in [0.1, 0.15) is 25.8 Å².